The summed E-state index contributed by atoms with van der Waals surface area (Å²) in [5, 5.41) is 0.445. The lowest BCUT2D eigenvalue weighted by Crippen LogP contribution is -2.30. The normalized spacial score (nSPS) is 18.7. The van der Waals surface area contributed by atoms with Crippen LogP contribution in [0.1, 0.15) is 39.8 Å². The first kappa shape index (κ1) is 41.9. The summed E-state index contributed by atoms with van der Waals surface area (Å²) < 4.78 is 0. The van der Waals surface area contributed by atoms with Gasteiger partial charge >= 0.3 is 0 Å². The summed E-state index contributed by atoms with van der Waals surface area (Å²) in [6, 6.07) is 57.9. The number of fused-ring (bicyclic) bond motifs is 6. The number of hydrogen-bond acceptors (Lipinski definition) is 8. The molecule has 4 aliphatic rings. The number of nitrogens with two attached hydrogens (primary N) is 1. The molecule has 4 heterocycles. The molecule has 0 fully saturated rings. The zero-order chi connectivity index (χ0) is 46.3. The van der Waals surface area contributed by atoms with Crippen LogP contribution in [0.3, 0.4) is 0 Å². The molecule has 7 nitrogen and oxygen atoms in total. The van der Waals surface area contributed by atoms with Crippen molar-refractivity contribution < 1.29 is 0 Å². The molecule has 0 radical (unpaired) electrons. The van der Waals surface area contributed by atoms with Crippen molar-refractivity contribution in [1.29, 1.82) is 0 Å². The molecule has 8 aromatic rings. The van der Waals surface area contributed by atoms with E-state index in [1.807, 2.05) is 127 Å². The highest BCUT2D eigenvalue weighted by molar-refractivity contribution is 8.00. The van der Waals surface area contributed by atoms with E-state index in [0.717, 1.165) is 39.3 Å². The summed E-state index contributed by atoms with van der Waals surface area (Å²) in [7, 11) is 0. The highest BCUT2D eigenvalue weighted by Gasteiger charge is 2.40. The first-order chi connectivity index (χ1) is 34.0. The quantitative estimate of drug-likeness (QED) is 0.137. The predicted molar refractivity (Wildman–Crippen MR) is 284 cm³/mol. The van der Waals surface area contributed by atoms with Crippen LogP contribution in [0.5, 0.6) is 0 Å². The lowest BCUT2D eigenvalue weighted by molar-refractivity contribution is 0.729. The second-order valence-electron chi connectivity index (χ2n) is 17.5. The SMILES string of the molecule is C=C(/N=C(\C=C(/N)c1ccccc1)c1ccccc1)c1cc(-c2nc(-c3ccccc3)cc(-c3ccccc3)n2)nc(N2c3ccc(-c4ccc5c(c4)C4C=CC=CC4S5)cc3C3C=CC=CC32)n1. The molecular formula is C61H45N7S. The molecule has 2 aliphatic heterocycles. The Balaban J connectivity index is 1.02. The summed E-state index contributed by atoms with van der Waals surface area (Å²) in [4.78, 5) is 30.0. The van der Waals surface area contributed by atoms with Crippen LogP contribution >= 0.6 is 11.8 Å². The third-order valence-corrected chi connectivity index (χ3v) is 14.5. The number of hydrogen-bond donors (Lipinski definition) is 1. The van der Waals surface area contributed by atoms with E-state index < -0.39 is 0 Å². The number of benzene rings is 6. The lowest BCUT2D eigenvalue weighted by atomic mass is 9.88. The van der Waals surface area contributed by atoms with Gasteiger partial charge < -0.3 is 10.6 Å². The average molecular weight is 908 g/mol. The summed E-state index contributed by atoms with van der Waals surface area (Å²) in [6.45, 7) is 4.58. The molecule has 330 valence electrons. The first-order valence-electron chi connectivity index (χ1n) is 23.2. The van der Waals surface area contributed by atoms with Gasteiger partial charge in [-0.3, -0.25) is 0 Å². The Bertz CT molecular complexity index is 3410. The summed E-state index contributed by atoms with van der Waals surface area (Å²) in [5.74, 6) is 1.39. The number of nitrogens with zero attached hydrogens (tertiary/aromatic N) is 6. The van der Waals surface area contributed by atoms with Gasteiger partial charge in [-0.25, -0.2) is 24.9 Å². The van der Waals surface area contributed by atoms with Crippen LogP contribution in [-0.4, -0.2) is 36.9 Å². The fourth-order valence-electron chi connectivity index (χ4n) is 9.71. The highest BCUT2D eigenvalue weighted by atomic mass is 32.2. The van der Waals surface area contributed by atoms with Gasteiger partial charge in [0.15, 0.2) is 5.82 Å². The van der Waals surface area contributed by atoms with Gasteiger partial charge in [0.05, 0.1) is 34.5 Å². The van der Waals surface area contributed by atoms with Gasteiger partial charge in [0.2, 0.25) is 5.95 Å². The van der Waals surface area contributed by atoms with Gasteiger partial charge in [0, 0.05) is 50.1 Å². The van der Waals surface area contributed by atoms with Crippen molar-refractivity contribution in [3.8, 4) is 45.2 Å². The lowest BCUT2D eigenvalue weighted by Gasteiger charge is -2.27. The number of allylic oxidation sites excluding steroid dienone is 6. The van der Waals surface area contributed by atoms with E-state index in [4.69, 9.17) is 30.7 Å². The van der Waals surface area contributed by atoms with E-state index >= 15 is 0 Å². The highest BCUT2D eigenvalue weighted by Crippen LogP contribution is 2.51. The molecule has 6 aromatic carbocycles. The molecule has 69 heavy (non-hydrogen) atoms. The number of anilines is 2. The van der Waals surface area contributed by atoms with Crippen LogP contribution in [0.25, 0.3) is 56.6 Å². The Hall–Kier alpha value is -8.46. The minimum atomic E-state index is -0.0959. The third-order valence-electron chi connectivity index (χ3n) is 13.1. The maximum absolute atomic E-state index is 6.77. The van der Waals surface area contributed by atoms with Crippen molar-refractivity contribution >= 4 is 40.5 Å². The van der Waals surface area contributed by atoms with E-state index in [0.29, 0.717) is 51.4 Å². The van der Waals surface area contributed by atoms with E-state index in [9.17, 15) is 0 Å². The number of rotatable bonds is 10. The zero-order valence-electron chi connectivity index (χ0n) is 37.5. The Morgan fingerprint density at radius 2 is 1.14 bits per heavy atom. The van der Waals surface area contributed by atoms with Crippen LogP contribution in [0.4, 0.5) is 11.6 Å². The van der Waals surface area contributed by atoms with Gasteiger partial charge in [-0.05, 0) is 70.3 Å². The van der Waals surface area contributed by atoms with Crippen molar-refractivity contribution in [3.05, 3.63) is 259 Å². The van der Waals surface area contributed by atoms with Crippen LogP contribution < -0.4 is 10.6 Å². The summed E-state index contributed by atoms with van der Waals surface area (Å²) in [5.41, 5.74) is 20.8. The predicted octanol–water partition coefficient (Wildman–Crippen LogP) is 13.8. The molecule has 4 atom stereocenters. The van der Waals surface area contributed by atoms with E-state index in [1.165, 1.54) is 27.1 Å². The number of aromatic nitrogens is 4. The molecule has 0 bridgehead atoms. The van der Waals surface area contributed by atoms with Crippen LogP contribution in [0.15, 0.2) is 241 Å². The molecule has 2 aromatic heterocycles. The van der Waals surface area contributed by atoms with Crippen molar-refractivity contribution in [3.63, 3.8) is 0 Å². The second-order valence-corrected chi connectivity index (χ2v) is 18.7. The van der Waals surface area contributed by atoms with Crippen molar-refractivity contribution in [2.24, 2.45) is 10.7 Å². The van der Waals surface area contributed by atoms with Crippen molar-refractivity contribution in [2.45, 2.75) is 28.0 Å². The van der Waals surface area contributed by atoms with Gasteiger partial charge in [0.1, 0.15) is 5.69 Å². The third kappa shape index (κ3) is 8.15. The maximum atomic E-state index is 6.77. The summed E-state index contributed by atoms with van der Waals surface area (Å²) in [6.07, 6.45) is 19.7. The van der Waals surface area contributed by atoms with Crippen molar-refractivity contribution in [2.75, 3.05) is 4.90 Å². The largest absolute Gasteiger partial charge is 0.398 e. The summed E-state index contributed by atoms with van der Waals surface area (Å²) >= 11 is 1.95. The Labute approximate surface area is 406 Å². The van der Waals surface area contributed by atoms with Crippen molar-refractivity contribution in [1.82, 2.24) is 19.9 Å². The molecular weight excluding hydrogens is 863 g/mol. The standard InChI is InChI=1S/C61H45N7S/c1-39(63-52(41-20-8-3-9-21-41)36-50(62)40-18-6-2-7-19-40)51-37-55(60-64-53(42-22-10-4-11-23-42)38-54(65-60)43-24-12-5-13-25-43)67-61(66-51)68-56-28-16-14-26-46(56)48-34-44(30-32-57(48)68)45-31-33-59-49(35-45)47-27-15-17-29-58(47)69-59/h2-38,46-47,56,58H,1,62H2/b50-36-,63-52+. The molecule has 0 saturated heterocycles. The van der Waals surface area contributed by atoms with Crippen LogP contribution in [-0.2, 0) is 0 Å². The van der Waals surface area contributed by atoms with Gasteiger partial charge in [-0.1, -0.05) is 189 Å². The second kappa shape index (κ2) is 18.0. The topological polar surface area (TPSA) is 93.2 Å². The maximum Gasteiger partial charge on any atom is 0.231 e. The van der Waals surface area contributed by atoms with Crippen LogP contribution in [0, 0.1) is 0 Å². The number of aliphatic imine (C=N–C) groups is 1. The minimum absolute atomic E-state index is 0.0563. The average Bonchev–Trinajstić information content (AvgIpc) is 3.96. The fourth-order valence-corrected chi connectivity index (χ4v) is 11.0. The van der Waals surface area contributed by atoms with E-state index in [-0.39, 0.29) is 12.0 Å². The van der Waals surface area contributed by atoms with E-state index in [1.54, 1.807) is 0 Å². The Morgan fingerprint density at radius 1 is 0.551 bits per heavy atom. The smallest absolute Gasteiger partial charge is 0.231 e. The fraction of sp³-hybridized carbons (Fsp3) is 0.0656. The van der Waals surface area contributed by atoms with E-state index in [2.05, 4.69) is 121 Å². The molecule has 0 spiro atoms. The molecule has 2 N–H and O–H groups in total. The molecule has 4 unspecified atom stereocenters. The first-order valence-corrected chi connectivity index (χ1v) is 24.1. The molecule has 0 saturated carbocycles. The molecule has 12 rings (SSSR count). The van der Waals surface area contributed by atoms with Gasteiger partial charge in [-0.15, -0.1) is 11.8 Å². The van der Waals surface area contributed by atoms with Gasteiger partial charge in [-0.2, -0.15) is 0 Å². The molecule has 0 amide bonds. The molecule has 2 aliphatic carbocycles. The van der Waals surface area contributed by atoms with Crippen LogP contribution in [0.2, 0.25) is 0 Å². The van der Waals surface area contributed by atoms with Gasteiger partial charge in [0.25, 0.3) is 0 Å². The monoisotopic (exact) mass is 907 g/mol. The Kier molecular flexibility index (Phi) is 10.9. The molecule has 8 heteroatoms. The minimum Gasteiger partial charge on any atom is -0.398 e. The number of thioether (sulfide) groups is 1. The Morgan fingerprint density at radius 3 is 1.84 bits per heavy atom. The zero-order valence-corrected chi connectivity index (χ0v) is 38.4.